The van der Waals surface area contributed by atoms with Gasteiger partial charge in [0, 0.05) is 11.6 Å². The fraction of sp³-hybridized carbons (Fsp3) is 0.625. The maximum Gasteiger partial charge on any atom is 0.123 e. The summed E-state index contributed by atoms with van der Waals surface area (Å²) in [5, 5.41) is 0. The first-order chi connectivity index (χ1) is 9.27. The predicted octanol–water partition coefficient (Wildman–Crippen LogP) is 2.96. The summed E-state index contributed by atoms with van der Waals surface area (Å²) in [5.74, 6) is 0.960. The summed E-state index contributed by atoms with van der Waals surface area (Å²) in [6.07, 6.45) is 4.89. The molecule has 0 spiro atoms. The lowest BCUT2D eigenvalue weighted by Crippen LogP contribution is -2.43. The van der Waals surface area contributed by atoms with E-state index in [2.05, 4.69) is 24.0 Å². The van der Waals surface area contributed by atoms with E-state index in [1.54, 1.807) is 7.11 Å². The molecule has 2 N–H and O–H groups in total. The van der Waals surface area contributed by atoms with E-state index in [0.29, 0.717) is 0 Å². The third-order valence-corrected chi connectivity index (χ3v) is 4.12. The zero-order chi connectivity index (χ0) is 13.7. The molecule has 2 unspecified atom stereocenters. The Hall–Kier alpha value is -1.06. The van der Waals surface area contributed by atoms with Crippen LogP contribution in [0.1, 0.15) is 44.2 Å². The van der Waals surface area contributed by atoms with Crippen molar-refractivity contribution in [1.29, 1.82) is 0 Å². The van der Waals surface area contributed by atoms with Gasteiger partial charge in [0.05, 0.1) is 13.2 Å². The van der Waals surface area contributed by atoms with Crippen LogP contribution in [0.25, 0.3) is 0 Å². The highest BCUT2D eigenvalue weighted by Crippen LogP contribution is 2.33. The van der Waals surface area contributed by atoms with Gasteiger partial charge >= 0.3 is 0 Å². The predicted molar refractivity (Wildman–Crippen MR) is 79.4 cm³/mol. The van der Waals surface area contributed by atoms with Crippen molar-refractivity contribution in [3.63, 3.8) is 0 Å². The highest BCUT2D eigenvalue weighted by Gasteiger charge is 2.28. The second kappa shape index (κ2) is 6.92. The molecule has 0 aromatic heterocycles. The van der Waals surface area contributed by atoms with Gasteiger partial charge in [0.15, 0.2) is 0 Å². The second-order valence-electron chi connectivity index (χ2n) is 5.36. The largest absolute Gasteiger partial charge is 0.496 e. The number of ether oxygens (including phenoxy) is 1. The first-order valence-electron chi connectivity index (χ1n) is 7.40. The van der Waals surface area contributed by atoms with Crippen molar-refractivity contribution in [2.45, 2.75) is 44.7 Å². The monoisotopic (exact) mass is 262 g/mol. The number of hydrogen-bond donors (Lipinski definition) is 1. The molecule has 1 heterocycles. The molecular formula is C16H26N2O. The van der Waals surface area contributed by atoms with Crippen molar-refractivity contribution in [2.24, 2.45) is 5.73 Å². The molecule has 0 bridgehead atoms. The van der Waals surface area contributed by atoms with Gasteiger partial charge in [-0.3, -0.25) is 4.90 Å². The van der Waals surface area contributed by atoms with Crippen LogP contribution in [0.15, 0.2) is 24.3 Å². The number of para-hydroxylation sites is 1. The molecule has 3 nitrogen and oxygen atoms in total. The molecule has 2 atom stereocenters. The third-order valence-electron chi connectivity index (χ3n) is 4.12. The van der Waals surface area contributed by atoms with Crippen molar-refractivity contribution >= 4 is 0 Å². The van der Waals surface area contributed by atoms with E-state index in [9.17, 15) is 0 Å². The first-order valence-corrected chi connectivity index (χ1v) is 7.40. The quantitative estimate of drug-likeness (QED) is 0.886. The summed E-state index contributed by atoms with van der Waals surface area (Å²) in [4.78, 5) is 2.54. The van der Waals surface area contributed by atoms with E-state index in [4.69, 9.17) is 10.5 Å². The lowest BCUT2D eigenvalue weighted by atomic mass is 9.93. The van der Waals surface area contributed by atoms with E-state index < -0.39 is 0 Å². The maximum atomic E-state index is 6.41. The SMILES string of the molecule is CCC(N)C(c1ccccc1OC)N1CCCCC1. The number of piperidine rings is 1. The van der Waals surface area contributed by atoms with E-state index in [1.165, 1.54) is 24.8 Å². The van der Waals surface area contributed by atoms with E-state index in [-0.39, 0.29) is 12.1 Å². The Labute approximate surface area is 116 Å². The Morgan fingerprint density at radius 3 is 2.53 bits per heavy atom. The van der Waals surface area contributed by atoms with Crippen LogP contribution in [0.3, 0.4) is 0 Å². The average molecular weight is 262 g/mol. The molecule has 0 aliphatic carbocycles. The van der Waals surface area contributed by atoms with Crippen LogP contribution in [0.4, 0.5) is 0 Å². The molecule has 3 heteroatoms. The number of benzene rings is 1. The molecule has 0 amide bonds. The molecule has 2 rings (SSSR count). The summed E-state index contributed by atoms with van der Waals surface area (Å²) in [6, 6.07) is 8.74. The molecule has 0 saturated carbocycles. The minimum atomic E-state index is 0.161. The Balaban J connectivity index is 2.30. The van der Waals surface area contributed by atoms with Gasteiger partial charge in [0.2, 0.25) is 0 Å². The topological polar surface area (TPSA) is 38.5 Å². The van der Waals surface area contributed by atoms with E-state index in [1.807, 2.05) is 12.1 Å². The van der Waals surface area contributed by atoms with E-state index >= 15 is 0 Å². The van der Waals surface area contributed by atoms with Crippen molar-refractivity contribution in [1.82, 2.24) is 4.90 Å². The number of nitrogens with zero attached hydrogens (tertiary/aromatic N) is 1. The third kappa shape index (κ3) is 3.28. The standard InChI is InChI=1S/C16H26N2O/c1-3-14(17)16(18-11-7-4-8-12-18)13-9-5-6-10-15(13)19-2/h5-6,9-10,14,16H,3-4,7-8,11-12,17H2,1-2H3. The van der Waals surface area contributed by atoms with Crippen molar-refractivity contribution < 1.29 is 4.74 Å². The average Bonchev–Trinajstić information content (AvgIpc) is 2.49. The molecule has 1 aliphatic rings. The Kier molecular flexibility index (Phi) is 5.23. The first kappa shape index (κ1) is 14.4. The van der Waals surface area contributed by atoms with Gasteiger partial charge in [-0.05, 0) is 38.4 Å². The summed E-state index contributed by atoms with van der Waals surface area (Å²) >= 11 is 0. The normalized spacial score (nSPS) is 19.9. The number of rotatable bonds is 5. The van der Waals surface area contributed by atoms with Crippen LogP contribution in [-0.4, -0.2) is 31.1 Å². The summed E-state index contributed by atoms with van der Waals surface area (Å²) in [7, 11) is 1.74. The van der Waals surface area contributed by atoms with Gasteiger partial charge in [0.1, 0.15) is 5.75 Å². The number of hydrogen-bond acceptors (Lipinski definition) is 3. The number of nitrogens with two attached hydrogens (primary N) is 1. The van der Waals surface area contributed by atoms with Crippen LogP contribution >= 0.6 is 0 Å². The lowest BCUT2D eigenvalue weighted by Gasteiger charge is -2.38. The van der Waals surface area contributed by atoms with Gasteiger partial charge in [-0.2, -0.15) is 0 Å². The van der Waals surface area contributed by atoms with Gasteiger partial charge in [-0.25, -0.2) is 0 Å². The smallest absolute Gasteiger partial charge is 0.123 e. The van der Waals surface area contributed by atoms with Gasteiger partial charge < -0.3 is 10.5 Å². The second-order valence-corrected chi connectivity index (χ2v) is 5.36. The fourth-order valence-electron chi connectivity index (χ4n) is 3.03. The van der Waals surface area contributed by atoms with Gasteiger partial charge in [-0.15, -0.1) is 0 Å². The Morgan fingerprint density at radius 1 is 1.21 bits per heavy atom. The number of methoxy groups -OCH3 is 1. The fourth-order valence-corrected chi connectivity index (χ4v) is 3.03. The van der Waals surface area contributed by atoms with E-state index in [0.717, 1.165) is 25.3 Å². The molecule has 0 radical (unpaired) electrons. The maximum absolute atomic E-state index is 6.41. The zero-order valence-corrected chi connectivity index (χ0v) is 12.1. The zero-order valence-electron chi connectivity index (χ0n) is 12.1. The Morgan fingerprint density at radius 2 is 1.89 bits per heavy atom. The van der Waals surface area contributed by atoms with Crippen LogP contribution in [0.5, 0.6) is 5.75 Å². The summed E-state index contributed by atoms with van der Waals surface area (Å²) in [6.45, 7) is 4.46. The molecule has 106 valence electrons. The molecule has 1 saturated heterocycles. The number of likely N-dealkylation sites (tertiary alicyclic amines) is 1. The minimum absolute atomic E-state index is 0.161. The van der Waals surface area contributed by atoms with Gasteiger partial charge in [0.25, 0.3) is 0 Å². The van der Waals surface area contributed by atoms with Crippen molar-refractivity contribution in [2.75, 3.05) is 20.2 Å². The van der Waals surface area contributed by atoms with Crippen LogP contribution in [0.2, 0.25) is 0 Å². The molecule has 19 heavy (non-hydrogen) atoms. The van der Waals surface area contributed by atoms with Crippen LogP contribution in [-0.2, 0) is 0 Å². The highest BCUT2D eigenvalue weighted by molar-refractivity contribution is 5.36. The molecule has 1 aliphatic heterocycles. The summed E-state index contributed by atoms with van der Waals surface area (Å²) in [5.41, 5.74) is 7.64. The van der Waals surface area contributed by atoms with Gasteiger partial charge in [-0.1, -0.05) is 31.5 Å². The van der Waals surface area contributed by atoms with Crippen molar-refractivity contribution in [3.05, 3.63) is 29.8 Å². The van der Waals surface area contributed by atoms with Crippen LogP contribution < -0.4 is 10.5 Å². The molecule has 1 aromatic rings. The summed E-state index contributed by atoms with van der Waals surface area (Å²) < 4.78 is 5.53. The Bertz CT molecular complexity index is 388. The molecule has 1 aromatic carbocycles. The molecular weight excluding hydrogens is 236 g/mol. The van der Waals surface area contributed by atoms with Crippen molar-refractivity contribution in [3.8, 4) is 5.75 Å². The van der Waals surface area contributed by atoms with Crippen LogP contribution in [0, 0.1) is 0 Å². The lowest BCUT2D eigenvalue weighted by molar-refractivity contribution is 0.138. The molecule has 1 fully saturated rings. The highest BCUT2D eigenvalue weighted by atomic mass is 16.5. The minimum Gasteiger partial charge on any atom is -0.496 e.